The maximum atomic E-state index is 11.9. The lowest BCUT2D eigenvalue weighted by Gasteiger charge is -2.15. The average Bonchev–Trinajstić information content (AvgIpc) is 2.86. The molecule has 0 radical (unpaired) electrons. The Morgan fingerprint density at radius 1 is 1.62 bits per heavy atom. The van der Waals surface area contributed by atoms with Gasteiger partial charge in [-0.2, -0.15) is 0 Å². The Labute approximate surface area is 104 Å². The van der Waals surface area contributed by atoms with Crippen LogP contribution in [-0.2, 0) is 4.79 Å². The number of nitrogens with zero attached hydrogens (tertiary/aromatic N) is 2. The first-order valence-electron chi connectivity index (χ1n) is 5.08. The highest BCUT2D eigenvalue weighted by molar-refractivity contribution is 7.13. The van der Waals surface area contributed by atoms with Crippen LogP contribution in [0.3, 0.4) is 0 Å². The number of hydrogen-bond donors (Lipinski definition) is 2. The number of nitrogens with two attached hydrogens (primary N) is 1. The lowest BCUT2D eigenvalue weighted by atomic mass is 9.95. The normalized spacial score (nSPS) is 23.8. The standard InChI is InChI=1S/C9H14N4OS.ClH/c10-4-6-2-1-3-7(6)8(14)12-9-13-11-5-15-9;/h5-7H,1-4,10H2,(H,12,13,14);1H/t6-,7-;/m1./s1. The maximum Gasteiger partial charge on any atom is 0.229 e. The monoisotopic (exact) mass is 262 g/mol. The molecule has 2 atom stereocenters. The van der Waals surface area contributed by atoms with Crippen molar-refractivity contribution in [1.82, 2.24) is 10.2 Å². The van der Waals surface area contributed by atoms with Gasteiger partial charge in [0.15, 0.2) is 0 Å². The van der Waals surface area contributed by atoms with Crippen molar-refractivity contribution >= 4 is 34.8 Å². The number of carbonyl (C=O) groups is 1. The first-order valence-corrected chi connectivity index (χ1v) is 5.96. The van der Waals surface area contributed by atoms with E-state index >= 15 is 0 Å². The summed E-state index contributed by atoms with van der Waals surface area (Å²) in [5.41, 5.74) is 7.23. The summed E-state index contributed by atoms with van der Waals surface area (Å²) in [4.78, 5) is 11.9. The molecule has 2 rings (SSSR count). The number of nitrogens with one attached hydrogen (secondary N) is 1. The molecule has 0 bridgehead atoms. The van der Waals surface area contributed by atoms with E-state index < -0.39 is 0 Å². The average molecular weight is 263 g/mol. The van der Waals surface area contributed by atoms with Crippen LogP contribution in [0.25, 0.3) is 0 Å². The van der Waals surface area contributed by atoms with Crippen LogP contribution in [0, 0.1) is 11.8 Å². The molecule has 0 spiro atoms. The van der Waals surface area contributed by atoms with Crippen LogP contribution < -0.4 is 11.1 Å². The van der Waals surface area contributed by atoms with Crippen molar-refractivity contribution in [3.63, 3.8) is 0 Å². The van der Waals surface area contributed by atoms with E-state index in [9.17, 15) is 4.79 Å². The molecule has 1 aromatic rings. The molecule has 0 aliphatic heterocycles. The lowest BCUT2D eigenvalue weighted by Crippen LogP contribution is -2.29. The van der Waals surface area contributed by atoms with Gasteiger partial charge in [0, 0.05) is 5.92 Å². The molecule has 0 saturated heterocycles. The molecule has 1 amide bonds. The number of rotatable bonds is 3. The molecule has 5 nitrogen and oxygen atoms in total. The van der Waals surface area contributed by atoms with E-state index in [0.29, 0.717) is 17.6 Å². The van der Waals surface area contributed by atoms with E-state index in [0.717, 1.165) is 19.3 Å². The minimum atomic E-state index is 0. The van der Waals surface area contributed by atoms with Gasteiger partial charge in [-0.15, -0.1) is 22.6 Å². The fourth-order valence-corrected chi connectivity index (χ4v) is 2.54. The van der Waals surface area contributed by atoms with Gasteiger partial charge in [-0.25, -0.2) is 0 Å². The molecule has 1 aromatic heterocycles. The van der Waals surface area contributed by atoms with Gasteiger partial charge in [0.05, 0.1) is 0 Å². The highest BCUT2D eigenvalue weighted by Crippen LogP contribution is 2.31. The second kappa shape index (κ2) is 6.12. The molecular weight excluding hydrogens is 248 g/mol. The van der Waals surface area contributed by atoms with Gasteiger partial charge in [-0.05, 0) is 25.3 Å². The smallest absolute Gasteiger partial charge is 0.229 e. The zero-order chi connectivity index (χ0) is 10.7. The van der Waals surface area contributed by atoms with Crippen LogP contribution in [0.1, 0.15) is 19.3 Å². The lowest BCUT2D eigenvalue weighted by molar-refractivity contribution is -0.120. The van der Waals surface area contributed by atoms with Crippen molar-refractivity contribution in [1.29, 1.82) is 0 Å². The van der Waals surface area contributed by atoms with Gasteiger partial charge >= 0.3 is 0 Å². The van der Waals surface area contributed by atoms with Gasteiger partial charge in [-0.3, -0.25) is 4.79 Å². The van der Waals surface area contributed by atoms with Crippen LogP contribution in [0.5, 0.6) is 0 Å². The van der Waals surface area contributed by atoms with Crippen LogP contribution >= 0.6 is 23.7 Å². The molecule has 0 aromatic carbocycles. The molecule has 3 N–H and O–H groups in total. The maximum absolute atomic E-state index is 11.9. The van der Waals surface area contributed by atoms with Crippen LogP contribution in [0.4, 0.5) is 5.13 Å². The summed E-state index contributed by atoms with van der Waals surface area (Å²) in [5, 5.41) is 10.8. The summed E-state index contributed by atoms with van der Waals surface area (Å²) in [6, 6.07) is 0. The van der Waals surface area contributed by atoms with E-state index in [2.05, 4.69) is 15.5 Å². The van der Waals surface area contributed by atoms with Crippen molar-refractivity contribution in [2.75, 3.05) is 11.9 Å². The second-order valence-electron chi connectivity index (χ2n) is 3.77. The van der Waals surface area contributed by atoms with Gasteiger partial charge in [-0.1, -0.05) is 17.8 Å². The van der Waals surface area contributed by atoms with Crippen molar-refractivity contribution in [3.05, 3.63) is 5.51 Å². The van der Waals surface area contributed by atoms with E-state index in [-0.39, 0.29) is 24.2 Å². The largest absolute Gasteiger partial charge is 0.330 e. The number of anilines is 1. The minimum Gasteiger partial charge on any atom is -0.330 e. The van der Waals surface area contributed by atoms with Gasteiger partial charge < -0.3 is 11.1 Å². The van der Waals surface area contributed by atoms with Crippen LogP contribution in [0.2, 0.25) is 0 Å². The number of hydrogen-bond acceptors (Lipinski definition) is 5. The zero-order valence-electron chi connectivity index (χ0n) is 8.76. The third kappa shape index (κ3) is 2.90. The molecule has 1 aliphatic carbocycles. The number of amides is 1. The number of aromatic nitrogens is 2. The molecule has 0 unspecified atom stereocenters. The van der Waals surface area contributed by atoms with Crippen molar-refractivity contribution in [3.8, 4) is 0 Å². The number of halogens is 1. The molecule has 90 valence electrons. The summed E-state index contributed by atoms with van der Waals surface area (Å²) in [6.07, 6.45) is 3.09. The molecule has 1 saturated carbocycles. The first-order chi connectivity index (χ1) is 7.31. The summed E-state index contributed by atoms with van der Waals surface area (Å²) in [5.74, 6) is 0.427. The molecule has 16 heavy (non-hydrogen) atoms. The Bertz CT molecular complexity index is 332. The molecule has 1 heterocycles. The van der Waals surface area contributed by atoms with Crippen molar-refractivity contribution < 1.29 is 4.79 Å². The van der Waals surface area contributed by atoms with Gasteiger partial charge in [0.1, 0.15) is 5.51 Å². The van der Waals surface area contributed by atoms with E-state index in [4.69, 9.17) is 5.73 Å². The quantitative estimate of drug-likeness (QED) is 0.860. The Balaban J connectivity index is 0.00000128. The summed E-state index contributed by atoms with van der Waals surface area (Å²) in [7, 11) is 0. The SMILES string of the molecule is Cl.NC[C@H]1CCC[C@H]1C(=O)Nc1nncs1. The highest BCUT2D eigenvalue weighted by atomic mass is 35.5. The predicted octanol–water partition coefficient (Wildman–Crippen LogP) is 1.27. The van der Waals surface area contributed by atoms with Gasteiger partial charge in [0.25, 0.3) is 0 Å². The summed E-state index contributed by atoms with van der Waals surface area (Å²) >= 11 is 1.33. The Morgan fingerprint density at radius 2 is 2.44 bits per heavy atom. The summed E-state index contributed by atoms with van der Waals surface area (Å²) < 4.78 is 0. The Hall–Kier alpha value is -0.720. The molecule has 7 heteroatoms. The Morgan fingerprint density at radius 3 is 3.06 bits per heavy atom. The molecule has 1 fully saturated rings. The number of carbonyl (C=O) groups excluding carboxylic acids is 1. The van der Waals surface area contributed by atoms with Crippen LogP contribution in [-0.4, -0.2) is 22.6 Å². The minimum absolute atomic E-state index is 0. The van der Waals surface area contributed by atoms with E-state index in [1.807, 2.05) is 0 Å². The van der Waals surface area contributed by atoms with E-state index in [1.54, 1.807) is 5.51 Å². The zero-order valence-corrected chi connectivity index (χ0v) is 10.4. The predicted molar refractivity (Wildman–Crippen MR) is 65.7 cm³/mol. The fourth-order valence-electron chi connectivity index (χ4n) is 2.09. The summed E-state index contributed by atoms with van der Waals surface area (Å²) in [6.45, 7) is 0.591. The topological polar surface area (TPSA) is 80.9 Å². The molecular formula is C9H15ClN4OS. The Kier molecular flexibility index (Phi) is 5.11. The highest BCUT2D eigenvalue weighted by Gasteiger charge is 2.32. The van der Waals surface area contributed by atoms with Gasteiger partial charge in [0.2, 0.25) is 11.0 Å². The molecule has 1 aliphatic rings. The second-order valence-corrected chi connectivity index (χ2v) is 4.60. The fraction of sp³-hybridized carbons (Fsp3) is 0.667. The van der Waals surface area contributed by atoms with Crippen molar-refractivity contribution in [2.24, 2.45) is 17.6 Å². The van der Waals surface area contributed by atoms with Crippen molar-refractivity contribution in [2.45, 2.75) is 19.3 Å². The first kappa shape index (κ1) is 13.3. The van der Waals surface area contributed by atoms with E-state index in [1.165, 1.54) is 11.3 Å². The third-order valence-corrected chi connectivity index (χ3v) is 3.50. The third-order valence-electron chi connectivity index (χ3n) is 2.89. The van der Waals surface area contributed by atoms with Crippen LogP contribution in [0.15, 0.2) is 5.51 Å².